The van der Waals surface area contributed by atoms with Crippen molar-refractivity contribution >= 4 is 17.2 Å². The molecular formula is C15H18N2O2S. The average molecular weight is 290 g/mol. The third-order valence-corrected chi connectivity index (χ3v) is 3.12. The van der Waals surface area contributed by atoms with Crippen LogP contribution in [0, 0.1) is 0 Å². The first-order chi connectivity index (χ1) is 9.65. The Balaban J connectivity index is 1.73. The van der Waals surface area contributed by atoms with Gasteiger partial charge in [0.1, 0.15) is 23.1 Å². The van der Waals surface area contributed by atoms with Crippen LogP contribution in [-0.4, -0.2) is 30.1 Å². The molecule has 0 atom stereocenters. The zero-order chi connectivity index (χ0) is 14.4. The summed E-state index contributed by atoms with van der Waals surface area (Å²) in [5.74, 6) is 1.77. The van der Waals surface area contributed by atoms with Crippen molar-refractivity contribution in [2.75, 3.05) is 20.2 Å². The fraction of sp³-hybridized carbons (Fsp3) is 0.267. The van der Waals surface area contributed by atoms with E-state index in [0.29, 0.717) is 11.6 Å². The van der Waals surface area contributed by atoms with Gasteiger partial charge in [0, 0.05) is 12.1 Å². The quantitative estimate of drug-likeness (QED) is 0.794. The second-order valence-electron chi connectivity index (χ2n) is 4.55. The van der Waals surface area contributed by atoms with E-state index in [1.54, 1.807) is 6.26 Å². The van der Waals surface area contributed by atoms with Crippen LogP contribution in [0.3, 0.4) is 0 Å². The summed E-state index contributed by atoms with van der Waals surface area (Å²) in [5.41, 5.74) is 6.39. The van der Waals surface area contributed by atoms with Gasteiger partial charge in [0.05, 0.1) is 12.8 Å². The summed E-state index contributed by atoms with van der Waals surface area (Å²) < 4.78 is 11.0. The molecule has 2 aromatic rings. The molecule has 1 aromatic heterocycles. The number of hydrogen-bond acceptors (Lipinski definition) is 4. The van der Waals surface area contributed by atoms with Crippen molar-refractivity contribution in [3.63, 3.8) is 0 Å². The number of nitrogens with zero attached hydrogens (tertiary/aromatic N) is 1. The third-order valence-electron chi connectivity index (χ3n) is 2.89. The zero-order valence-corrected chi connectivity index (χ0v) is 12.2. The molecule has 5 heteroatoms. The summed E-state index contributed by atoms with van der Waals surface area (Å²) in [7, 11) is 2.03. The number of benzene rings is 1. The second-order valence-corrected chi connectivity index (χ2v) is 4.99. The van der Waals surface area contributed by atoms with E-state index in [-0.39, 0.29) is 0 Å². The van der Waals surface area contributed by atoms with Crippen molar-refractivity contribution < 1.29 is 9.15 Å². The molecule has 0 aliphatic heterocycles. The lowest BCUT2D eigenvalue weighted by atomic mass is 10.2. The van der Waals surface area contributed by atoms with Crippen LogP contribution >= 0.6 is 12.2 Å². The standard InChI is InChI=1S/C15H18N2O2S/c1-17(11-14-3-2-9-18-14)8-10-19-13-6-4-12(5-7-13)15(16)20/h2-7,9H,8,10-11H2,1H3,(H2,16,20). The highest BCUT2D eigenvalue weighted by atomic mass is 32.1. The second kappa shape index (κ2) is 7.07. The smallest absolute Gasteiger partial charge is 0.119 e. The van der Waals surface area contributed by atoms with Gasteiger partial charge in [-0.1, -0.05) is 12.2 Å². The van der Waals surface area contributed by atoms with Gasteiger partial charge in [-0.15, -0.1) is 0 Å². The maximum Gasteiger partial charge on any atom is 0.119 e. The fourth-order valence-electron chi connectivity index (χ4n) is 1.78. The van der Waals surface area contributed by atoms with Gasteiger partial charge in [0.25, 0.3) is 0 Å². The number of likely N-dealkylation sites (N-methyl/N-ethyl adjacent to an activating group) is 1. The maximum atomic E-state index is 5.67. The lowest BCUT2D eigenvalue weighted by molar-refractivity contribution is 0.222. The molecular weight excluding hydrogens is 272 g/mol. The number of rotatable bonds is 7. The topological polar surface area (TPSA) is 51.6 Å². The van der Waals surface area contributed by atoms with Crippen LogP contribution in [0.15, 0.2) is 47.1 Å². The van der Waals surface area contributed by atoms with E-state index >= 15 is 0 Å². The van der Waals surface area contributed by atoms with Crippen LogP contribution in [0.1, 0.15) is 11.3 Å². The Labute approximate surface area is 124 Å². The molecule has 0 fully saturated rings. The van der Waals surface area contributed by atoms with Crippen molar-refractivity contribution in [3.8, 4) is 5.75 Å². The van der Waals surface area contributed by atoms with Gasteiger partial charge in [-0.3, -0.25) is 4.90 Å². The van der Waals surface area contributed by atoms with Crippen molar-refractivity contribution in [1.82, 2.24) is 4.90 Å². The number of thiocarbonyl (C=S) groups is 1. The van der Waals surface area contributed by atoms with Crippen LogP contribution in [-0.2, 0) is 6.54 Å². The van der Waals surface area contributed by atoms with E-state index < -0.39 is 0 Å². The molecule has 0 aliphatic rings. The Bertz CT molecular complexity index is 538. The first-order valence-corrected chi connectivity index (χ1v) is 6.79. The SMILES string of the molecule is CN(CCOc1ccc(C(N)=S)cc1)Cc1ccco1. The molecule has 1 heterocycles. The van der Waals surface area contributed by atoms with E-state index in [1.807, 2.05) is 43.4 Å². The first kappa shape index (κ1) is 14.6. The minimum atomic E-state index is 0.398. The number of nitrogens with two attached hydrogens (primary N) is 1. The minimum absolute atomic E-state index is 0.398. The molecule has 20 heavy (non-hydrogen) atoms. The van der Waals surface area contributed by atoms with Crippen molar-refractivity contribution in [2.45, 2.75) is 6.54 Å². The molecule has 0 aliphatic carbocycles. The fourth-order valence-corrected chi connectivity index (χ4v) is 1.92. The highest BCUT2D eigenvalue weighted by molar-refractivity contribution is 7.80. The Morgan fingerprint density at radius 2 is 2.05 bits per heavy atom. The number of hydrogen-bond donors (Lipinski definition) is 1. The molecule has 0 saturated carbocycles. The van der Waals surface area contributed by atoms with Crippen molar-refractivity contribution in [1.29, 1.82) is 0 Å². The largest absolute Gasteiger partial charge is 0.492 e. The van der Waals surface area contributed by atoms with Crippen LogP contribution < -0.4 is 10.5 Å². The van der Waals surface area contributed by atoms with E-state index in [1.165, 1.54) is 0 Å². The Morgan fingerprint density at radius 1 is 1.30 bits per heavy atom. The summed E-state index contributed by atoms with van der Waals surface area (Å²) in [6.07, 6.45) is 1.68. The van der Waals surface area contributed by atoms with Gasteiger partial charge < -0.3 is 14.9 Å². The van der Waals surface area contributed by atoms with Crippen molar-refractivity contribution in [2.24, 2.45) is 5.73 Å². The van der Waals surface area contributed by atoms with Crippen LogP contribution in [0.2, 0.25) is 0 Å². The minimum Gasteiger partial charge on any atom is -0.492 e. The van der Waals surface area contributed by atoms with E-state index in [4.69, 9.17) is 27.1 Å². The van der Waals surface area contributed by atoms with Crippen LogP contribution in [0.25, 0.3) is 0 Å². The third kappa shape index (κ3) is 4.36. The molecule has 0 amide bonds. The molecule has 1 aromatic carbocycles. The van der Waals surface area contributed by atoms with Gasteiger partial charge in [-0.2, -0.15) is 0 Å². The highest BCUT2D eigenvalue weighted by Gasteiger charge is 2.03. The normalized spacial score (nSPS) is 10.7. The van der Waals surface area contributed by atoms with E-state index in [2.05, 4.69) is 4.90 Å². The summed E-state index contributed by atoms with van der Waals surface area (Å²) in [5, 5.41) is 0. The summed E-state index contributed by atoms with van der Waals surface area (Å²) in [6, 6.07) is 11.3. The number of ether oxygens (including phenoxy) is 1. The highest BCUT2D eigenvalue weighted by Crippen LogP contribution is 2.12. The molecule has 0 bridgehead atoms. The molecule has 0 spiro atoms. The molecule has 2 rings (SSSR count). The first-order valence-electron chi connectivity index (χ1n) is 6.39. The molecule has 0 unspecified atom stereocenters. The van der Waals surface area contributed by atoms with Gasteiger partial charge in [0.2, 0.25) is 0 Å². The predicted molar refractivity (Wildman–Crippen MR) is 82.9 cm³/mol. The van der Waals surface area contributed by atoms with E-state index in [9.17, 15) is 0 Å². The summed E-state index contributed by atoms with van der Waals surface area (Å²) >= 11 is 4.90. The van der Waals surface area contributed by atoms with Gasteiger partial charge in [-0.25, -0.2) is 0 Å². The van der Waals surface area contributed by atoms with Crippen molar-refractivity contribution in [3.05, 3.63) is 54.0 Å². The Morgan fingerprint density at radius 3 is 2.65 bits per heavy atom. The van der Waals surface area contributed by atoms with Crippen LogP contribution in [0.4, 0.5) is 0 Å². The zero-order valence-electron chi connectivity index (χ0n) is 11.4. The summed E-state index contributed by atoms with van der Waals surface area (Å²) in [4.78, 5) is 2.54. The maximum absolute atomic E-state index is 5.67. The lowest BCUT2D eigenvalue weighted by Crippen LogP contribution is -2.23. The lowest BCUT2D eigenvalue weighted by Gasteiger charge is -2.15. The van der Waals surface area contributed by atoms with E-state index in [0.717, 1.165) is 30.2 Å². The Hall–Kier alpha value is -1.85. The predicted octanol–water partition coefficient (Wildman–Crippen LogP) is 2.42. The molecule has 0 radical (unpaired) electrons. The monoisotopic (exact) mass is 290 g/mol. The van der Waals surface area contributed by atoms with Gasteiger partial charge >= 0.3 is 0 Å². The van der Waals surface area contributed by atoms with Gasteiger partial charge in [0.15, 0.2) is 0 Å². The Kier molecular flexibility index (Phi) is 5.15. The molecule has 4 nitrogen and oxygen atoms in total. The molecule has 106 valence electrons. The molecule has 2 N–H and O–H groups in total. The summed E-state index contributed by atoms with van der Waals surface area (Å²) in [6.45, 7) is 2.21. The van der Waals surface area contributed by atoms with Crippen LogP contribution in [0.5, 0.6) is 5.75 Å². The molecule has 0 saturated heterocycles. The average Bonchev–Trinajstić information content (AvgIpc) is 2.92. The number of furan rings is 1. The van der Waals surface area contributed by atoms with Gasteiger partial charge in [-0.05, 0) is 43.4 Å².